The number of amides is 1. The number of hydrogen-bond donors (Lipinski definition) is 4. The maximum absolute atomic E-state index is 14.7. The normalized spacial score (nSPS) is 18.3. The number of H-pyrrole nitrogens is 1. The van der Waals surface area contributed by atoms with Crippen molar-refractivity contribution in [2.24, 2.45) is 15.9 Å². The van der Waals surface area contributed by atoms with E-state index in [2.05, 4.69) is 26.7 Å². The number of rotatable bonds is 11. The van der Waals surface area contributed by atoms with Gasteiger partial charge in [-0.2, -0.15) is 14.0 Å². The number of halogens is 2. The van der Waals surface area contributed by atoms with E-state index in [0.29, 0.717) is 64.3 Å². The molecule has 5 rings (SSSR count). The summed E-state index contributed by atoms with van der Waals surface area (Å²) in [7, 11) is 0. The Morgan fingerprint density at radius 2 is 2.00 bits per heavy atom. The standard InChI is InChI=1S/C37H40F2N6O3/c1-3-25-20-26(10-11-28(25)35(47)44-22-27(46)7-6-13-37(48)14-17-41-18-15-37)45-32-9-5-4-8-29-31(23-42-33(29)32)30-19-24(12-16-40)21-43-34(30)36(2,38)39/h4-11,19-20,23-24,41-42,48H,3,12-15,17-18,21-22H2,1-2H3,(H,44,47)/b7-6+,45-32?. The molecule has 11 heteroatoms. The van der Waals surface area contributed by atoms with E-state index in [-0.39, 0.29) is 42.8 Å². The molecule has 1 atom stereocenters. The van der Waals surface area contributed by atoms with Crippen LogP contribution in [0, 0.1) is 17.2 Å². The molecule has 0 radical (unpaired) electrons. The third-order valence-electron chi connectivity index (χ3n) is 8.73. The molecule has 3 heterocycles. The highest BCUT2D eigenvalue weighted by atomic mass is 19.3. The fourth-order valence-corrected chi connectivity index (χ4v) is 6.14. The highest BCUT2D eigenvalue weighted by molar-refractivity contribution is 6.29. The van der Waals surface area contributed by atoms with Crippen LogP contribution in [0.3, 0.4) is 0 Å². The van der Waals surface area contributed by atoms with E-state index in [4.69, 9.17) is 4.99 Å². The molecule has 1 fully saturated rings. The third-order valence-corrected chi connectivity index (χ3v) is 8.73. The van der Waals surface area contributed by atoms with Crippen LogP contribution < -0.4 is 16.0 Å². The van der Waals surface area contributed by atoms with Gasteiger partial charge in [-0.1, -0.05) is 37.3 Å². The number of aromatic amines is 1. The Bertz CT molecular complexity index is 1890. The molecule has 3 aromatic rings. The van der Waals surface area contributed by atoms with Crippen molar-refractivity contribution in [3.63, 3.8) is 0 Å². The van der Waals surface area contributed by atoms with Gasteiger partial charge in [0.25, 0.3) is 11.8 Å². The summed E-state index contributed by atoms with van der Waals surface area (Å²) in [5, 5.41) is 26.9. The molecule has 0 aliphatic carbocycles. The second kappa shape index (κ2) is 15.0. The van der Waals surface area contributed by atoms with Gasteiger partial charge in [0.15, 0.2) is 5.78 Å². The Morgan fingerprint density at radius 3 is 2.73 bits per heavy atom. The van der Waals surface area contributed by atoms with Crippen molar-refractivity contribution in [1.82, 2.24) is 15.6 Å². The number of ketones is 1. The number of aliphatic hydroxyl groups is 1. The van der Waals surface area contributed by atoms with Gasteiger partial charge in [-0.05, 0) is 74.7 Å². The summed E-state index contributed by atoms with van der Waals surface area (Å²) in [6, 6.07) is 14.6. The number of aryl methyl sites for hydroxylation is 1. The summed E-state index contributed by atoms with van der Waals surface area (Å²) in [6.45, 7) is 4.20. The number of carbonyl (C=O) groups is 2. The maximum Gasteiger partial charge on any atom is 0.287 e. The molecule has 4 N–H and O–H groups in total. The van der Waals surface area contributed by atoms with Crippen molar-refractivity contribution in [1.29, 1.82) is 5.26 Å². The van der Waals surface area contributed by atoms with Gasteiger partial charge >= 0.3 is 0 Å². The van der Waals surface area contributed by atoms with Gasteiger partial charge in [-0.25, -0.2) is 4.99 Å². The van der Waals surface area contributed by atoms with Crippen molar-refractivity contribution in [3.8, 4) is 6.07 Å². The molecular weight excluding hydrogens is 614 g/mol. The van der Waals surface area contributed by atoms with Crippen LogP contribution >= 0.6 is 0 Å². The lowest BCUT2D eigenvalue weighted by atomic mass is 9.89. The van der Waals surface area contributed by atoms with E-state index in [1.54, 1.807) is 30.5 Å². The quantitative estimate of drug-likeness (QED) is 0.206. The predicted octanol–water partition coefficient (Wildman–Crippen LogP) is 5.35. The number of fused-ring (bicyclic) bond motifs is 1. The van der Waals surface area contributed by atoms with Gasteiger partial charge in [0.2, 0.25) is 0 Å². The first kappa shape index (κ1) is 34.5. The van der Waals surface area contributed by atoms with Crippen LogP contribution in [0.4, 0.5) is 14.5 Å². The Kier molecular flexibility index (Phi) is 10.8. The van der Waals surface area contributed by atoms with Crippen LogP contribution in [0.5, 0.6) is 0 Å². The Labute approximate surface area is 278 Å². The van der Waals surface area contributed by atoms with Crippen molar-refractivity contribution >= 4 is 39.6 Å². The van der Waals surface area contributed by atoms with Gasteiger partial charge in [0.1, 0.15) is 5.71 Å². The molecule has 48 heavy (non-hydrogen) atoms. The molecule has 0 bridgehead atoms. The van der Waals surface area contributed by atoms with Crippen LogP contribution in [0.1, 0.15) is 61.0 Å². The van der Waals surface area contributed by atoms with Crippen LogP contribution in [-0.4, -0.2) is 65.2 Å². The molecule has 9 nitrogen and oxygen atoms in total. The predicted molar refractivity (Wildman–Crippen MR) is 182 cm³/mol. The molecular formula is C37H40F2N6O3. The second-order valence-corrected chi connectivity index (χ2v) is 12.4. The molecule has 2 aromatic carbocycles. The number of hydrogen-bond acceptors (Lipinski definition) is 7. The number of allylic oxidation sites excluding steroid dienone is 1. The molecule has 0 spiro atoms. The second-order valence-electron chi connectivity index (χ2n) is 12.4. The molecule has 1 amide bonds. The first-order valence-electron chi connectivity index (χ1n) is 16.2. The van der Waals surface area contributed by atoms with Crippen molar-refractivity contribution in [3.05, 3.63) is 88.9 Å². The Morgan fingerprint density at radius 1 is 1.23 bits per heavy atom. The van der Waals surface area contributed by atoms with Gasteiger partial charge in [-0.3, -0.25) is 14.6 Å². The number of aromatic nitrogens is 1. The van der Waals surface area contributed by atoms with Gasteiger partial charge < -0.3 is 20.7 Å². The zero-order valence-electron chi connectivity index (χ0n) is 27.2. The van der Waals surface area contributed by atoms with Crippen molar-refractivity contribution < 1.29 is 23.5 Å². The smallest absolute Gasteiger partial charge is 0.287 e. The first-order chi connectivity index (χ1) is 23.0. The van der Waals surface area contributed by atoms with E-state index in [9.17, 15) is 28.7 Å². The summed E-state index contributed by atoms with van der Waals surface area (Å²) >= 11 is 0. The average molecular weight is 655 g/mol. The lowest BCUT2D eigenvalue weighted by molar-refractivity contribution is -0.113. The zero-order valence-corrected chi connectivity index (χ0v) is 27.2. The fourth-order valence-electron chi connectivity index (χ4n) is 6.14. The fraction of sp³-hybridized carbons (Fsp3) is 0.378. The Balaban J connectivity index is 1.37. The average Bonchev–Trinajstić information content (AvgIpc) is 3.38. The number of carbonyl (C=O) groups excluding carboxylic acids is 2. The lowest BCUT2D eigenvalue weighted by Crippen LogP contribution is -2.41. The van der Waals surface area contributed by atoms with Gasteiger partial charge in [0.05, 0.1) is 34.8 Å². The molecule has 250 valence electrons. The molecule has 2 aliphatic rings. The monoisotopic (exact) mass is 654 g/mol. The molecule has 1 aromatic heterocycles. The number of aliphatic imine (C=N–C) groups is 1. The minimum Gasteiger partial charge on any atom is -0.389 e. The Hall–Kier alpha value is -4.79. The summed E-state index contributed by atoms with van der Waals surface area (Å²) in [5.41, 5.74) is 2.15. The highest BCUT2D eigenvalue weighted by Crippen LogP contribution is 2.35. The number of piperidine rings is 1. The number of benzene rings is 1. The van der Waals surface area contributed by atoms with E-state index < -0.39 is 11.5 Å². The minimum absolute atomic E-state index is 0.136. The number of nitriles is 1. The van der Waals surface area contributed by atoms with E-state index in [0.717, 1.165) is 25.6 Å². The number of alkyl halides is 2. The van der Waals surface area contributed by atoms with Gasteiger partial charge in [0, 0.05) is 54.1 Å². The first-order valence-corrected chi connectivity index (χ1v) is 16.2. The minimum atomic E-state index is -3.16. The van der Waals surface area contributed by atoms with Crippen molar-refractivity contribution in [2.75, 3.05) is 26.2 Å². The SMILES string of the molecule is CCc1cc(N=c2ccccc3c(C4=CC(CC#N)CN=C4C(C)(F)F)c[nH]c23)ccc1C(=O)NCC(=O)/C=C/CC1(O)CCNCC1. The summed E-state index contributed by atoms with van der Waals surface area (Å²) in [6.07, 6.45) is 8.84. The van der Waals surface area contributed by atoms with Crippen molar-refractivity contribution in [2.45, 2.75) is 57.5 Å². The highest BCUT2D eigenvalue weighted by Gasteiger charge is 2.36. The number of nitrogens with zero attached hydrogens (tertiary/aromatic N) is 3. The summed E-state index contributed by atoms with van der Waals surface area (Å²) < 4.78 is 29.3. The topological polar surface area (TPSA) is 143 Å². The largest absolute Gasteiger partial charge is 0.389 e. The zero-order chi connectivity index (χ0) is 34.3. The summed E-state index contributed by atoms with van der Waals surface area (Å²) in [4.78, 5) is 37.7. The number of dihydropyridines is 1. The molecule has 1 unspecified atom stereocenters. The van der Waals surface area contributed by atoms with E-state index in [1.807, 2.05) is 37.3 Å². The van der Waals surface area contributed by atoms with Crippen LogP contribution in [0.2, 0.25) is 0 Å². The van der Waals surface area contributed by atoms with Crippen LogP contribution in [0.25, 0.3) is 16.5 Å². The molecule has 0 saturated carbocycles. The lowest BCUT2D eigenvalue weighted by Gasteiger charge is -2.31. The van der Waals surface area contributed by atoms with Crippen LogP contribution in [-0.2, 0) is 11.2 Å². The van der Waals surface area contributed by atoms with Crippen LogP contribution in [0.15, 0.2) is 76.9 Å². The summed E-state index contributed by atoms with van der Waals surface area (Å²) in [5.74, 6) is -4.07. The number of nitrogens with one attached hydrogen (secondary N) is 3. The molecule has 1 saturated heterocycles. The third kappa shape index (κ3) is 8.19. The van der Waals surface area contributed by atoms with E-state index in [1.165, 1.54) is 6.08 Å². The maximum atomic E-state index is 14.7. The van der Waals surface area contributed by atoms with Gasteiger partial charge in [-0.15, -0.1) is 0 Å². The van der Waals surface area contributed by atoms with E-state index >= 15 is 0 Å². The molecule has 2 aliphatic heterocycles.